The van der Waals surface area contributed by atoms with Gasteiger partial charge in [0, 0.05) is 6.54 Å². The van der Waals surface area contributed by atoms with Crippen molar-refractivity contribution in [2.45, 2.75) is 32.6 Å². The fraction of sp³-hybridized carbons (Fsp3) is 1.00. The molecule has 0 N–H and O–H groups in total. The topological polar surface area (TPSA) is 20.3 Å². The van der Waals surface area contributed by atoms with Gasteiger partial charge in [0.1, 0.15) is 0 Å². The molecule has 0 rings (SSSR count). The average molecular weight is 232 g/mol. The first-order valence-corrected chi connectivity index (χ1v) is 7.66. The van der Waals surface area contributed by atoms with Crippen LogP contribution in [0.2, 0.25) is 0 Å². The van der Waals surface area contributed by atoms with E-state index in [-0.39, 0.29) is 0 Å². The third-order valence-corrected chi connectivity index (χ3v) is 4.28. The monoisotopic (exact) mass is 231 g/mol. The van der Waals surface area contributed by atoms with Crippen LogP contribution in [0.1, 0.15) is 32.6 Å². The molecule has 0 saturated heterocycles. The molecule has 2 nitrogen and oxygen atoms in total. The Kier molecular flexibility index (Phi) is 6.66. The molecule has 0 aromatic rings. The molecular formula is C7H16Cl2NOP. The first kappa shape index (κ1) is 12.8. The lowest BCUT2D eigenvalue weighted by atomic mass is 10.2. The second kappa shape index (κ2) is 6.26. The predicted molar refractivity (Wildman–Crippen MR) is 56.1 cm³/mol. The molecule has 0 aromatic carbocycles. The number of rotatable bonds is 6. The van der Waals surface area contributed by atoms with Crippen LogP contribution in [-0.4, -0.2) is 18.3 Å². The van der Waals surface area contributed by atoms with E-state index in [1.807, 2.05) is 0 Å². The molecule has 0 atom stereocenters. The summed E-state index contributed by atoms with van der Waals surface area (Å²) in [6.07, 6.45) is 4.56. The van der Waals surface area contributed by atoms with E-state index in [4.69, 9.17) is 22.5 Å². The summed E-state index contributed by atoms with van der Waals surface area (Å²) in [5.74, 6) is -3.03. The van der Waals surface area contributed by atoms with Gasteiger partial charge in [-0.3, -0.25) is 4.57 Å². The lowest BCUT2D eigenvalue weighted by Crippen LogP contribution is -2.11. The van der Waals surface area contributed by atoms with E-state index in [9.17, 15) is 4.57 Å². The van der Waals surface area contributed by atoms with Crippen LogP contribution in [0, 0.1) is 0 Å². The highest BCUT2D eigenvalue weighted by atomic mass is 35.9. The molecule has 0 aliphatic heterocycles. The summed E-state index contributed by atoms with van der Waals surface area (Å²) >= 11 is 10.9. The molecular weight excluding hydrogens is 216 g/mol. The van der Waals surface area contributed by atoms with Gasteiger partial charge in [-0.05, 0) is 36.0 Å². The molecule has 0 aliphatic carbocycles. The first-order valence-electron chi connectivity index (χ1n) is 4.19. The maximum Gasteiger partial charge on any atom is 0.321 e. The smallest absolute Gasteiger partial charge is 0.271 e. The summed E-state index contributed by atoms with van der Waals surface area (Å²) in [4.78, 5) is 0. The molecule has 0 spiro atoms. The highest BCUT2D eigenvalue weighted by molar-refractivity contribution is 8.06. The van der Waals surface area contributed by atoms with Gasteiger partial charge in [0.15, 0.2) is 0 Å². The standard InChI is InChI=1S/C7H16Cl2NOP/c1-3-4-5-6-7-10(2)12(8,9)11/h3-7H2,1-2H3. The van der Waals surface area contributed by atoms with Crippen LogP contribution in [0.4, 0.5) is 0 Å². The molecule has 12 heavy (non-hydrogen) atoms. The minimum Gasteiger partial charge on any atom is -0.271 e. The zero-order valence-electron chi connectivity index (χ0n) is 7.59. The lowest BCUT2D eigenvalue weighted by molar-refractivity contribution is 0.470. The molecule has 0 aliphatic rings. The van der Waals surface area contributed by atoms with Crippen molar-refractivity contribution in [1.82, 2.24) is 4.67 Å². The van der Waals surface area contributed by atoms with Gasteiger partial charge in [0.05, 0.1) is 0 Å². The Hall–Kier alpha value is 0.770. The van der Waals surface area contributed by atoms with Crippen LogP contribution < -0.4 is 0 Å². The Morgan fingerprint density at radius 1 is 1.25 bits per heavy atom. The van der Waals surface area contributed by atoms with Gasteiger partial charge < -0.3 is 0 Å². The van der Waals surface area contributed by atoms with Crippen molar-refractivity contribution in [3.63, 3.8) is 0 Å². The Balaban J connectivity index is 3.45. The maximum atomic E-state index is 11.0. The van der Waals surface area contributed by atoms with Crippen molar-refractivity contribution >= 4 is 28.5 Å². The summed E-state index contributed by atoms with van der Waals surface area (Å²) in [6, 6.07) is 0. The van der Waals surface area contributed by atoms with Crippen LogP contribution in [0.3, 0.4) is 0 Å². The fourth-order valence-corrected chi connectivity index (χ4v) is 1.71. The molecule has 0 bridgehead atoms. The molecule has 0 heterocycles. The van der Waals surface area contributed by atoms with Gasteiger partial charge in [-0.15, -0.1) is 0 Å². The van der Waals surface area contributed by atoms with Crippen LogP contribution in [0.25, 0.3) is 0 Å². The van der Waals surface area contributed by atoms with Gasteiger partial charge in [-0.2, -0.15) is 0 Å². The second-order valence-corrected chi connectivity index (χ2v) is 7.70. The Morgan fingerprint density at radius 2 is 1.83 bits per heavy atom. The predicted octanol–water partition coefficient (Wildman–Crippen LogP) is 4.08. The summed E-state index contributed by atoms with van der Waals surface area (Å²) in [7, 11) is 1.69. The van der Waals surface area contributed by atoms with E-state index in [2.05, 4.69) is 6.92 Å². The molecule has 0 saturated carbocycles. The fourth-order valence-electron chi connectivity index (χ4n) is 0.884. The quantitative estimate of drug-likeness (QED) is 0.507. The Labute approximate surface area is 84.2 Å². The van der Waals surface area contributed by atoms with Gasteiger partial charge in [0.25, 0.3) is 0 Å². The number of nitrogens with zero attached hydrogens (tertiary/aromatic N) is 1. The van der Waals surface area contributed by atoms with Gasteiger partial charge in [-0.1, -0.05) is 26.2 Å². The molecule has 0 radical (unpaired) electrons. The largest absolute Gasteiger partial charge is 0.321 e. The third-order valence-electron chi connectivity index (χ3n) is 1.73. The summed E-state index contributed by atoms with van der Waals surface area (Å²) in [6.45, 7) is 2.86. The van der Waals surface area contributed by atoms with Crippen LogP contribution in [0.5, 0.6) is 0 Å². The van der Waals surface area contributed by atoms with Crippen LogP contribution >= 0.6 is 28.5 Å². The van der Waals surface area contributed by atoms with Crippen molar-refractivity contribution < 1.29 is 4.57 Å². The number of unbranched alkanes of at least 4 members (excludes halogenated alkanes) is 3. The third kappa shape index (κ3) is 6.30. The molecule has 0 aromatic heterocycles. The molecule has 0 unspecified atom stereocenters. The van der Waals surface area contributed by atoms with Crippen molar-refractivity contribution in [3.8, 4) is 0 Å². The Bertz CT molecular complexity index is 159. The number of halogens is 2. The van der Waals surface area contributed by atoms with Crippen LogP contribution in [-0.2, 0) is 4.57 Å². The minimum absolute atomic E-state index is 0.713. The second-order valence-electron chi connectivity index (χ2n) is 2.88. The highest BCUT2D eigenvalue weighted by Gasteiger charge is 2.19. The van der Waals surface area contributed by atoms with E-state index in [1.54, 1.807) is 7.05 Å². The minimum atomic E-state index is -3.03. The van der Waals surface area contributed by atoms with Crippen LogP contribution in [0.15, 0.2) is 0 Å². The normalized spacial score (nSPS) is 12.4. The van der Waals surface area contributed by atoms with Gasteiger partial charge in [-0.25, -0.2) is 4.67 Å². The zero-order valence-corrected chi connectivity index (χ0v) is 10.0. The van der Waals surface area contributed by atoms with Gasteiger partial charge >= 0.3 is 6.00 Å². The van der Waals surface area contributed by atoms with E-state index < -0.39 is 6.00 Å². The highest BCUT2D eigenvalue weighted by Crippen LogP contribution is 2.58. The van der Waals surface area contributed by atoms with E-state index in [0.29, 0.717) is 6.54 Å². The van der Waals surface area contributed by atoms with E-state index >= 15 is 0 Å². The van der Waals surface area contributed by atoms with E-state index in [1.165, 1.54) is 17.5 Å². The first-order chi connectivity index (χ1) is 5.48. The number of hydrogen-bond acceptors (Lipinski definition) is 1. The molecule has 0 amide bonds. The summed E-state index contributed by atoms with van der Waals surface area (Å²) in [5.41, 5.74) is 0. The molecule has 5 heteroatoms. The summed E-state index contributed by atoms with van der Waals surface area (Å²) in [5, 5.41) is 0. The SMILES string of the molecule is CCCCCCN(C)P(=O)(Cl)Cl. The lowest BCUT2D eigenvalue weighted by Gasteiger charge is -2.16. The van der Waals surface area contributed by atoms with Crippen molar-refractivity contribution in [2.75, 3.05) is 13.6 Å². The van der Waals surface area contributed by atoms with E-state index in [0.717, 1.165) is 12.8 Å². The van der Waals surface area contributed by atoms with Gasteiger partial charge in [0.2, 0.25) is 0 Å². The number of hydrogen-bond donors (Lipinski definition) is 0. The van der Waals surface area contributed by atoms with Crippen molar-refractivity contribution in [3.05, 3.63) is 0 Å². The average Bonchev–Trinajstić information content (AvgIpc) is 1.96. The Morgan fingerprint density at radius 3 is 2.25 bits per heavy atom. The van der Waals surface area contributed by atoms with Crippen molar-refractivity contribution in [2.24, 2.45) is 0 Å². The summed E-state index contributed by atoms with van der Waals surface area (Å²) < 4.78 is 12.6. The molecule has 0 fully saturated rings. The van der Waals surface area contributed by atoms with Crippen molar-refractivity contribution in [1.29, 1.82) is 0 Å². The maximum absolute atomic E-state index is 11.0. The zero-order chi connectivity index (χ0) is 9.61. The molecule has 74 valence electrons.